The van der Waals surface area contributed by atoms with E-state index in [1.54, 1.807) is 7.11 Å². The SMILES string of the molecule is CCC(C)C(N)C(=O)NCC(C)(C)c1ccc(OC)cc1. The highest BCUT2D eigenvalue weighted by atomic mass is 16.5. The summed E-state index contributed by atoms with van der Waals surface area (Å²) >= 11 is 0. The first-order valence-electron chi connectivity index (χ1n) is 7.49. The molecule has 2 unspecified atom stereocenters. The van der Waals surface area contributed by atoms with E-state index in [1.165, 1.54) is 0 Å². The number of carbonyl (C=O) groups is 1. The molecule has 0 aromatic heterocycles. The second kappa shape index (κ2) is 7.46. The summed E-state index contributed by atoms with van der Waals surface area (Å²) in [6.07, 6.45) is 0.899. The largest absolute Gasteiger partial charge is 0.497 e. The van der Waals surface area contributed by atoms with Crippen molar-refractivity contribution in [2.45, 2.75) is 45.6 Å². The van der Waals surface area contributed by atoms with Gasteiger partial charge in [-0.15, -0.1) is 0 Å². The van der Waals surface area contributed by atoms with Crippen molar-refractivity contribution in [1.29, 1.82) is 0 Å². The van der Waals surface area contributed by atoms with Crippen molar-refractivity contribution >= 4 is 5.91 Å². The fraction of sp³-hybridized carbons (Fsp3) is 0.588. The summed E-state index contributed by atoms with van der Waals surface area (Å²) < 4.78 is 5.16. The Hall–Kier alpha value is -1.55. The highest BCUT2D eigenvalue weighted by molar-refractivity contribution is 5.81. The third kappa shape index (κ3) is 4.74. The predicted octanol–water partition coefficient (Wildman–Crippen LogP) is 2.46. The average Bonchev–Trinajstić information content (AvgIpc) is 2.51. The van der Waals surface area contributed by atoms with E-state index in [4.69, 9.17) is 10.5 Å². The van der Waals surface area contributed by atoms with Crippen LogP contribution < -0.4 is 15.8 Å². The van der Waals surface area contributed by atoms with Gasteiger partial charge >= 0.3 is 0 Å². The number of hydrogen-bond acceptors (Lipinski definition) is 3. The number of benzene rings is 1. The molecule has 0 bridgehead atoms. The summed E-state index contributed by atoms with van der Waals surface area (Å²) in [5.41, 5.74) is 6.95. The van der Waals surface area contributed by atoms with E-state index in [0.29, 0.717) is 6.54 Å². The fourth-order valence-electron chi connectivity index (χ4n) is 2.08. The van der Waals surface area contributed by atoms with E-state index in [1.807, 2.05) is 38.1 Å². The van der Waals surface area contributed by atoms with Crippen LogP contribution in [-0.4, -0.2) is 25.6 Å². The van der Waals surface area contributed by atoms with Crippen LogP contribution in [-0.2, 0) is 10.2 Å². The molecule has 4 nitrogen and oxygen atoms in total. The summed E-state index contributed by atoms with van der Waals surface area (Å²) in [5, 5.41) is 2.97. The van der Waals surface area contributed by atoms with Crippen LogP contribution in [0.3, 0.4) is 0 Å². The fourth-order valence-corrected chi connectivity index (χ4v) is 2.08. The van der Waals surface area contributed by atoms with Gasteiger partial charge in [-0.1, -0.05) is 46.2 Å². The number of nitrogens with one attached hydrogen (secondary N) is 1. The maximum Gasteiger partial charge on any atom is 0.237 e. The van der Waals surface area contributed by atoms with E-state index in [0.717, 1.165) is 17.7 Å². The number of nitrogens with two attached hydrogens (primary N) is 1. The zero-order valence-corrected chi connectivity index (χ0v) is 13.8. The molecule has 0 aliphatic carbocycles. The molecule has 0 saturated carbocycles. The minimum absolute atomic E-state index is 0.0778. The van der Waals surface area contributed by atoms with Crippen molar-refractivity contribution in [3.8, 4) is 5.75 Å². The molecule has 0 aliphatic heterocycles. The second-order valence-electron chi connectivity index (χ2n) is 6.24. The number of carbonyl (C=O) groups excluding carboxylic acids is 1. The van der Waals surface area contributed by atoms with Crippen LogP contribution in [0.4, 0.5) is 0 Å². The lowest BCUT2D eigenvalue weighted by Gasteiger charge is -2.27. The molecular formula is C17H28N2O2. The lowest BCUT2D eigenvalue weighted by Crippen LogP contribution is -2.47. The molecule has 118 valence electrons. The lowest BCUT2D eigenvalue weighted by atomic mass is 9.84. The molecule has 0 heterocycles. The normalized spacial score (nSPS) is 14.4. The Morgan fingerprint density at radius 1 is 1.33 bits per heavy atom. The monoisotopic (exact) mass is 292 g/mol. The molecular weight excluding hydrogens is 264 g/mol. The van der Waals surface area contributed by atoms with Crippen molar-refractivity contribution < 1.29 is 9.53 Å². The number of rotatable bonds is 7. The Morgan fingerprint density at radius 2 is 1.90 bits per heavy atom. The summed E-state index contributed by atoms with van der Waals surface area (Å²) in [7, 11) is 1.65. The lowest BCUT2D eigenvalue weighted by molar-refractivity contribution is -0.123. The third-order valence-electron chi connectivity index (χ3n) is 4.14. The zero-order valence-electron chi connectivity index (χ0n) is 13.8. The summed E-state index contributed by atoms with van der Waals surface area (Å²) in [6, 6.07) is 7.48. The molecule has 0 spiro atoms. The van der Waals surface area contributed by atoms with Crippen LogP contribution in [0.5, 0.6) is 5.75 Å². The molecule has 3 N–H and O–H groups in total. The van der Waals surface area contributed by atoms with Gasteiger partial charge in [-0.25, -0.2) is 0 Å². The first-order chi connectivity index (χ1) is 9.81. The summed E-state index contributed by atoms with van der Waals surface area (Å²) in [5.74, 6) is 0.942. The molecule has 1 rings (SSSR count). The summed E-state index contributed by atoms with van der Waals surface area (Å²) in [6.45, 7) is 8.80. The van der Waals surface area contributed by atoms with Gasteiger partial charge in [0.2, 0.25) is 5.91 Å². The van der Waals surface area contributed by atoms with Gasteiger partial charge < -0.3 is 15.8 Å². The van der Waals surface area contributed by atoms with Crippen LogP contribution in [0.25, 0.3) is 0 Å². The van der Waals surface area contributed by atoms with Crippen LogP contribution in [0, 0.1) is 5.92 Å². The van der Waals surface area contributed by atoms with Gasteiger partial charge in [-0.05, 0) is 23.6 Å². The van der Waals surface area contributed by atoms with Crippen molar-refractivity contribution in [3.05, 3.63) is 29.8 Å². The van der Waals surface area contributed by atoms with Gasteiger partial charge in [0.15, 0.2) is 0 Å². The van der Waals surface area contributed by atoms with Gasteiger partial charge in [0.25, 0.3) is 0 Å². The van der Waals surface area contributed by atoms with Crippen LogP contribution in [0.2, 0.25) is 0 Å². The zero-order chi connectivity index (χ0) is 16.0. The number of methoxy groups -OCH3 is 1. The number of ether oxygens (including phenoxy) is 1. The minimum Gasteiger partial charge on any atom is -0.497 e. The van der Waals surface area contributed by atoms with Crippen LogP contribution in [0.1, 0.15) is 39.7 Å². The number of amides is 1. The molecule has 1 aromatic carbocycles. The summed E-state index contributed by atoms with van der Waals surface area (Å²) in [4.78, 5) is 12.1. The molecule has 4 heteroatoms. The second-order valence-corrected chi connectivity index (χ2v) is 6.24. The van der Waals surface area contributed by atoms with E-state index < -0.39 is 6.04 Å². The average molecular weight is 292 g/mol. The highest BCUT2D eigenvalue weighted by Crippen LogP contribution is 2.24. The molecule has 1 aromatic rings. The molecule has 1 amide bonds. The van der Waals surface area contributed by atoms with Gasteiger partial charge in [0.05, 0.1) is 13.2 Å². The molecule has 2 atom stereocenters. The Balaban J connectivity index is 2.65. The molecule has 21 heavy (non-hydrogen) atoms. The maximum absolute atomic E-state index is 12.1. The Bertz CT molecular complexity index is 454. The highest BCUT2D eigenvalue weighted by Gasteiger charge is 2.24. The van der Waals surface area contributed by atoms with E-state index in [-0.39, 0.29) is 17.2 Å². The first-order valence-corrected chi connectivity index (χ1v) is 7.49. The van der Waals surface area contributed by atoms with Gasteiger partial charge in [0.1, 0.15) is 5.75 Å². The minimum atomic E-state index is -0.443. The smallest absolute Gasteiger partial charge is 0.237 e. The Morgan fingerprint density at radius 3 is 2.38 bits per heavy atom. The van der Waals surface area contributed by atoms with Crippen LogP contribution >= 0.6 is 0 Å². The Labute approximate surface area is 128 Å². The van der Waals surface area contributed by atoms with Crippen molar-refractivity contribution in [2.75, 3.05) is 13.7 Å². The van der Waals surface area contributed by atoms with E-state index in [9.17, 15) is 4.79 Å². The van der Waals surface area contributed by atoms with Gasteiger partial charge in [-0.3, -0.25) is 4.79 Å². The van der Waals surface area contributed by atoms with Gasteiger partial charge in [0, 0.05) is 12.0 Å². The van der Waals surface area contributed by atoms with Crippen molar-refractivity contribution in [1.82, 2.24) is 5.32 Å². The topological polar surface area (TPSA) is 64.4 Å². The van der Waals surface area contributed by atoms with Crippen molar-refractivity contribution in [3.63, 3.8) is 0 Å². The maximum atomic E-state index is 12.1. The number of hydrogen-bond donors (Lipinski definition) is 2. The molecule has 0 saturated heterocycles. The van der Waals surface area contributed by atoms with Crippen molar-refractivity contribution in [2.24, 2.45) is 11.7 Å². The molecule has 0 radical (unpaired) electrons. The quantitative estimate of drug-likeness (QED) is 0.811. The Kier molecular flexibility index (Phi) is 6.21. The van der Waals surface area contributed by atoms with E-state index in [2.05, 4.69) is 19.2 Å². The molecule has 0 fully saturated rings. The van der Waals surface area contributed by atoms with E-state index >= 15 is 0 Å². The van der Waals surface area contributed by atoms with Crippen LogP contribution in [0.15, 0.2) is 24.3 Å². The third-order valence-corrected chi connectivity index (χ3v) is 4.14. The first kappa shape index (κ1) is 17.5. The standard InChI is InChI=1S/C17H28N2O2/c1-6-12(2)15(18)16(20)19-11-17(3,4)13-7-9-14(21-5)10-8-13/h7-10,12,15H,6,11,18H2,1-5H3,(H,19,20). The predicted molar refractivity (Wildman–Crippen MR) is 86.5 cm³/mol. The van der Waals surface area contributed by atoms with Gasteiger partial charge in [-0.2, -0.15) is 0 Å². The molecule has 0 aliphatic rings.